The molecule has 51 heavy (non-hydrogen) atoms. The maximum Gasteiger partial charge on any atom is 0.411 e. The third-order valence-corrected chi connectivity index (χ3v) is 8.97. The molecule has 8 nitrogen and oxygen atoms in total. The van der Waals surface area contributed by atoms with Gasteiger partial charge >= 0.3 is 12.4 Å². The van der Waals surface area contributed by atoms with Crippen molar-refractivity contribution in [3.05, 3.63) is 114 Å². The van der Waals surface area contributed by atoms with E-state index in [9.17, 15) is 46.8 Å². The van der Waals surface area contributed by atoms with Crippen LogP contribution in [0, 0.1) is 6.92 Å². The van der Waals surface area contributed by atoms with Gasteiger partial charge < -0.3 is 29.9 Å². The molecular weight excluding hydrogens is 682 g/mol. The molecule has 7 rings (SSSR count). The Morgan fingerprint density at radius 3 is 1.14 bits per heavy atom. The van der Waals surface area contributed by atoms with E-state index in [0.717, 1.165) is 51.1 Å². The summed E-state index contributed by atoms with van der Waals surface area (Å²) in [4.78, 5) is 0. The molecule has 0 atom stereocenters. The molecule has 262 valence electrons. The number of aryl methyl sites for hydroxylation is 1. The Hall–Kier alpha value is -6.18. The van der Waals surface area contributed by atoms with E-state index in [0.29, 0.717) is 17.9 Å². The van der Waals surface area contributed by atoms with Crippen LogP contribution < -0.4 is 9.47 Å². The summed E-state index contributed by atoms with van der Waals surface area (Å²) in [5, 5.41) is 42.3. The molecule has 0 saturated heterocycles. The smallest absolute Gasteiger partial charge is 0.411 e. The molecular formula is C37H26F6N2O6. The summed E-state index contributed by atoms with van der Waals surface area (Å²) in [6.07, 6.45) is -11.6. The minimum absolute atomic E-state index is 0.0511. The number of nitrogens with zero attached hydrogens (tertiary/aromatic N) is 2. The van der Waals surface area contributed by atoms with Gasteiger partial charge in [-0.3, -0.25) is 9.13 Å². The summed E-state index contributed by atoms with van der Waals surface area (Å²) in [7, 11) is 1.41. The minimum Gasteiger partial charge on any atom is -0.494 e. The van der Waals surface area contributed by atoms with Crippen molar-refractivity contribution in [3.8, 4) is 74.5 Å². The fourth-order valence-electron chi connectivity index (χ4n) is 6.41. The molecule has 2 heterocycles. The maximum absolute atomic E-state index is 14.7. The third kappa shape index (κ3) is 5.00. The lowest BCUT2D eigenvalue weighted by molar-refractivity contribution is -0.288. The van der Waals surface area contributed by atoms with E-state index < -0.39 is 40.7 Å². The zero-order chi connectivity index (χ0) is 36.6. The SMILES string of the molecule is Cc1ccc(Oc2ccc(C(c3ccc(Oc4ccc(-n5c(O)c6c(c5O)-c5c-6c(O)n(C)c5O)cc4)cc3)(C(F)(F)F)C(F)(F)F)cc2)cc1. The Bertz CT molecular complexity index is 2210. The molecule has 0 amide bonds. The van der Waals surface area contributed by atoms with Crippen LogP contribution in [0.25, 0.3) is 27.9 Å². The number of aromatic nitrogens is 2. The number of benzene rings is 4. The van der Waals surface area contributed by atoms with Gasteiger partial charge in [0.05, 0.1) is 27.9 Å². The monoisotopic (exact) mass is 708 g/mol. The molecule has 0 radical (unpaired) electrons. The third-order valence-electron chi connectivity index (χ3n) is 8.97. The zero-order valence-electron chi connectivity index (χ0n) is 26.5. The van der Waals surface area contributed by atoms with Crippen LogP contribution >= 0.6 is 0 Å². The highest BCUT2D eigenvalue weighted by Crippen LogP contribution is 2.65. The zero-order valence-corrected chi connectivity index (χ0v) is 26.5. The van der Waals surface area contributed by atoms with Gasteiger partial charge in [0.2, 0.25) is 28.9 Å². The Morgan fingerprint density at radius 2 is 0.784 bits per heavy atom. The lowest BCUT2D eigenvalue weighted by atomic mass is 9.73. The predicted octanol–water partition coefficient (Wildman–Crippen LogP) is 9.59. The summed E-state index contributed by atoms with van der Waals surface area (Å²) in [5.74, 6) is -0.953. The average Bonchev–Trinajstić information content (AvgIpc) is 3.37. The standard InChI is InChI=1S/C37H26F6N2O6/c1-19-3-11-23(12-4-19)50-24-13-5-20(6-14-24)35(36(38,39)40,37(41,42)43)21-7-15-25(16-8-21)51-26-17-9-22(10-18-26)45-33(48)29-27-28(30(29)34(45)49)32(47)44(2)31(27)46/h3-18,46-49H,1-2H3. The fourth-order valence-corrected chi connectivity index (χ4v) is 6.41. The average molecular weight is 709 g/mol. The first-order valence-electron chi connectivity index (χ1n) is 15.2. The van der Waals surface area contributed by atoms with Gasteiger partial charge in [0.1, 0.15) is 23.0 Å². The Balaban J connectivity index is 1.15. The van der Waals surface area contributed by atoms with Crippen LogP contribution in [0.3, 0.4) is 0 Å². The van der Waals surface area contributed by atoms with Gasteiger partial charge in [-0.1, -0.05) is 42.0 Å². The molecule has 2 aromatic heterocycles. The molecule has 1 aliphatic rings. The second-order valence-electron chi connectivity index (χ2n) is 12.0. The summed E-state index contributed by atoms with van der Waals surface area (Å²) in [5.41, 5.74) is -4.72. The van der Waals surface area contributed by atoms with Crippen molar-refractivity contribution >= 4 is 0 Å². The number of hydrogen-bond acceptors (Lipinski definition) is 6. The van der Waals surface area contributed by atoms with Crippen molar-refractivity contribution in [1.82, 2.24) is 9.13 Å². The topological polar surface area (TPSA) is 109 Å². The van der Waals surface area contributed by atoms with Crippen LogP contribution in [0.2, 0.25) is 0 Å². The van der Waals surface area contributed by atoms with Gasteiger partial charge in [0.15, 0.2) is 0 Å². The number of halogens is 6. The Morgan fingerprint density at radius 1 is 0.471 bits per heavy atom. The first-order valence-corrected chi connectivity index (χ1v) is 15.2. The van der Waals surface area contributed by atoms with E-state index in [4.69, 9.17) is 9.47 Å². The number of hydrogen-bond donors (Lipinski definition) is 4. The van der Waals surface area contributed by atoms with Crippen molar-refractivity contribution in [2.24, 2.45) is 7.05 Å². The van der Waals surface area contributed by atoms with Crippen molar-refractivity contribution < 1.29 is 56.2 Å². The largest absolute Gasteiger partial charge is 0.494 e. The number of aromatic hydroxyl groups is 4. The molecule has 0 spiro atoms. The molecule has 0 aliphatic heterocycles. The van der Waals surface area contributed by atoms with Crippen LogP contribution in [0.5, 0.6) is 46.5 Å². The van der Waals surface area contributed by atoms with E-state index in [1.807, 2.05) is 6.92 Å². The summed E-state index contributed by atoms with van der Waals surface area (Å²) in [6, 6.07) is 19.4. The van der Waals surface area contributed by atoms with E-state index in [1.165, 1.54) is 31.3 Å². The predicted molar refractivity (Wildman–Crippen MR) is 173 cm³/mol. The van der Waals surface area contributed by atoms with Crippen molar-refractivity contribution in [1.29, 1.82) is 0 Å². The molecule has 6 aromatic rings. The maximum atomic E-state index is 14.7. The highest BCUT2D eigenvalue weighted by atomic mass is 19.4. The van der Waals surface area contributed by atoms with Crippen LogP contribution in [-0.4, -0.2) is 41.9 Å². The van der Waals surface area contributed by atoms with Crippen LogP contribution in [-0.2, 0) is 12.5 Å². The van der Waals surface area contributed by atoms with Gasteiger partial charge in [-0.25, -0.2) is 0 Å². The summed E-state index contributed by atoms with van der Waals surface area (Å²) >= 11 is 0. The van der Waals surface area contributed by atoms with Gasteiger partial charge in [-0.15, -0.1) is 0 Å². The molecule has 0 saturated carbocycles. The van der Waals surface area contributed by atoms with Crippen molar-refractivity contribution in [3.63, 3.8) is 0 Å². The highest BCUT2D eigenvalue weighted by molar-refractivity contribution is 6.12. The molecule has 0 fully saturated rings. The fraction of sp³-hybridized carbons (Fsp3) is 0.135. The number of ether oxygens (including phenoxy) is 2. The normalized spacial score (nSPS) is 12.6. The van der Waals surface area contributed by atoms with Gasteiger partial charge in [-0.05, 0) is 78.7 Å². The highest BCUT2D eigenvalue weighted by Gasteiger charge is 2.72. The lowest BCUT2D eigenvalue weighted by Gasteiger charge is -2.38. The second kappa shape index (κ2) is 11.4. The van der Waals surface area contributed by atoms with Gasteiger partial charge in [0, 0.05) is 7.05 Å². The number of rotatable bonds is 7. The second-order valence-corrected chi connectivity index (χ2v) is 12.0. The van der Waals surface area contributed by atoms with Gasteiger partial charge in [0.25, 0.3) is 0 Å². The van der Waals surface area contributed by atoms with Crippen molar-refractivity contribution in [2.75, 3.05) is 0 Å². The lowest BCUT2D eigenvalue weighted by Crippen LogP contribution is -2.54. The molecule has 1 aliphatic carbocycles. The van der Waals surface area contributed by atoms with Gasteiger partial charge in [-0.2, -0.15) is 26.3 Å². The van der Waals surface area contributed by atoms with E-state index >= 15 is 0 Å². The first kappa shape index (κ1) is 33.3. The molecule has 0 unspecified atom stereocenters. The van der Waals surface area contributed by atoms with Crippen LogP contribution in [0.15, 0.2) is 97.1 Å². The summed E-state index contributed by atoms with van der Waals surface area (Å²) in [6.45, 7) is 1.85. The van der Waals surface area contributed by atoms with Crippen LogP contribution in [0.4, 0.5) is 26.3 Å². The molecule has 4 N–H and O–H groups in total. The number of alkyl halides is 6. The Labute approximate surface area is 285 Å². The molecule has 4 aromatic carbocycles. The van der Waals surface area contributed by atoms with E-state index in [-0.39, 0.29) is 56.9 Å². The molecule has 0 bridgehead atoms. The molecule has 14 heteroatoms. The number of fused-ring (bicyclic) bond motifs is 4. The van der Waals surface area contributed by atoms with E-state index in [1.54, 1.807) is 24.3 Å². The Kier molecular flexibility index (Phi) is 7.47. The first-order chi connectivity index (χ1) is 24.0. The quantitative estimate of drug-likeness (QED) is 0.123. The van der Waals surface area contributed by atoms with Crippen LogP contribution in [0.1, 0.15) is 16.7 Å². The van der Waals surface area contributed by atoms with E-state index in [2.05, 4.69) is 0 Å². The summed E-state index contributed by atoms with van der Waals surface area (Å²) < 4.78 is 102. The van der Waals surface area contributed by atoms with Crippen molar-refractivity contribution in [2.45, 2.75) is 24.7 Å². The minimum atomic E-state index is -5.79.